The summed E-state index contributed by atoms with van der Waals surface area (Å²) in [6, 6.07) is 0. The van der Waals surface area contributed by atoms with Crippen molar-refractivity contribution in [2.75, 3.05) is 0 Å². The fourth-order valence-electron chi connectivity index (χ4n) is 3.28. The second-order valence-electron chi connectivity index (χ2n) is 6.13. The van der Waals surface area contributed by atoms with Gasteiger partial charge < -0.3 is 0 Å². The van der Waals surface area contributed by atoms with E-state index in [2.05, 4.69) is 64.2 Å². The van der Waals surface area contributed by atoms with Crippen molar-refractivity contribution >= 4 is 0 Å². The Hall–Kier alpha value is -0.157. The Morgan fingerprint density at radius 3 is 1.63 bits per heavy atom. The minimum absolute atomic E-state index is 0.426. The molecule has 0 saturated heterocycles. The molecule has 0 nitrogen and oxygen atoms in total. The molecule has 0 amide bonds. The van der Waals surface area contributed by atoms with Gasteiger partial charge in [-0.25, -0.2) is 0 Å². The molecular formula is C18H26Zr. The SMILES string of the molecule is CCCC1=CC=C[C]1(C)[Zr][C]1(C)C=CC=C1CCC. The van der Waals surface area contributed by atoms with Gasteiger partial charge in [0.1, 0.15) is 0 Å². The Labute approximate surface area is 130 Å². The van der Waals surface area contributed by atoms with Gasteiger partial charge in [0.25, 0.3) is 0 Å². The molecule has 0 saturated carbocycles. The van der Waals surface area contributed by atoms with E-state index in [9.17, 15) is 0 Å². The molecule has 2 rings (SSSR count). The molecule has 0 N–H and O–H groups in total. The van der Waals surface area contributed by atoms with Crippen LogP contribution in [0.2, 0.25) is 6.25 Å². The van der Waals surface area contributed by atoms with Gasteiger partial charge in [0, 0.05) is 0 Å². The van der Waals surface area contributed by atoms with Crippen molar-refractivity contribution in [1.29, 1.82) is 0 Å². The van der Waals surface area contributed by atoms with Crippen molar-refractivity contribution in [1.82, 2.24) is 0 Å². The molecule has 0 aromatic carbocycles. The summed E-state index contributed by atoms with van der Waals surface area (Å²) >= 11 is -0.608. The first-order valence-electron chi connectivity index (χ1n) is 7.61. The fourth-order valence-corrected chi connectivity index (χ4v) is 8.63. The van der Waals surface area contributed by atoms with Gasteiger partial charge in [-0.05, 0) is 0 Å². The molecule has 0 bridgehead atoms. The van der Waals surface area contributed by atoms with Crippen LogP contribution >= 0.6 is 0 Å². The molecule has 0 aromatic rings. The summed E-state index contributed by atoms with van der Waals surface area (Å²) in [6.07, 6.45) is 19.4. The predicted octanol–water partition coefficient (Wildman–Crippen LogP) is 6.02. The van der Waals surface area contributed by atoms with Crippen LogP contribution in [0.4, 0.5) is 0 Å². The van der Waals surface area contributed by atoms with Crippen molar-refractivity contribution in [2.45, 2.75) is 59.6 Å². The zero-order chi connectivity index (χ0) is 13.9. The molecule has 2 aliphatic rings. The fraction of sp³-hybridized carbons (Fsp3) is 0.556. The van der Waals surface area contributed by atoms with Crippen LogP contribution in [-0.4, -0.2) is 0 Å². The summed E-state index contributed by atoms with van der Waals surface area (Å²) in [5, 5.41) is 0. The molecule has 2 atom stereocenters. The van der Waals surface area contributed by atoms with Crippen molar-refractivity contribution in [2.24, 2.45) is 0 Å². The Morgan fingerprint density at radius 1 is 0.842 bits per heavy atom. The van der Waals surface area contributed by atoms with Gasteiger partial charge in [-0.15, -0.1) is 0 Å². The van der Waals surface area contributed by atoms with Crippen LogP contribution in [0.5, 0.6) is 0 Å². The van der Waals surface area contributed by atoms with Gasteiger partial charge >= 0.3 is 130 Å². The van der Waals surface area contributed by atoms with Gasteiger partial charge in [-0.2, -0.15) is 0 Å². The average Bonchev–Trinajstić information content (AvgIpc) is 2.86. The van der Waals surface area contributed by atoms with E-state index in [1.54, 1.807) is 11.1 Å². The third-order valence-electron chi connectivity index (χ3n) is 4.35. The summed E-state index contributed by atoms with van der Waals surface area (Å²) in [6.45, 7) is 9.57. The molecule has 0 heterocycles. The maximum absolute atomic E-state index is 2.49. The first-order valence-corrected chi connectivity index (χ1v) is 10.1. The van der Waals surface area contributed by atoms with E-state index in [1.807, 2.05) is 0 Å². The summed E-state index contributed by atoms with van der Waals surface area (Å²) < 4.78 is 0.852. The van der Waals surface area contributed by atoms with E-state index in [-0.39, 0.29) is 0 Å². The van der Waals surface area contributed by atoms with Gasteiger partial charge in [0.2, 0.25) is 0 Å². The third kappa shape index (κ3) is 3.13. The van der Waals surface area contributed by atoms with Crippen molar-refractivity contribution < 1.29 is 23.2 Å². The maximum atomic E-state index is 2.49. The Kier molecular flexibility index (Phi) is 4.88. The third-order valence-corrected chi connectivity index (χ3v) is 9.30. The zero-order valence-corrected chi connectivity index (χ0v) is 15.3. The van der Waals surface area contributed by atoms with Crippen molar-refractivity contribution in [3.8, 4) is 0 Å². The average molecular weight is 334 g/mol. The molecule has 2 aliphatic carbocycles. The number of hydrogen-bond acceptors (Lipinski definition) is 0. The van der Waals surface area contributed by atoms with Crippen LogP contribution in [0.25, 0.3) is 0 Å². The Bertz CT molecular complexity index is 410. The van der Waals surface area contributed by atoms with Gasteiger partial charge in [0.05, 0.1) is 0 Å². The van der Waals surface area contributed by atoms with Crippen LogP contribution in [-0.2, 0) is 23.2 Å². The molecule has 2 unspecified atom stereocenters. The molecule has 0 aromatic heterocycles. The summed E-state index contributed by atoms with van der Waals surface area (Å²) in [5.41, 5.74) is 3.39. The van der Waals surface area contributed by atoms with E-state index in [1.165, 1.54) is 25.7 Å². The predicted molar refractivity (Wildman–Crippen MR) is 81.0 cm³/mol. The van der Waals surface area contributed by atoms with Crippen LogP contribution in [0.15, 0.2) is 47.6 Å². The van der Waals surface area contributed by atoms with Gasteiger partial charge in [-0.1, -0.05) is 0 Å². The van der Waals surface area contributed by atoms with Crippen molar-refractivity contribution in [3.63, 3.8) is 0 Å². The number of rotatable bonds is 6. The molecule has 102 valence electrons. The first kappa shape index (κ1) is 15.2. The molecule has 0 radical (unpaired) electrons. The molecule has 1 heteroatoms. The Morgan fingerprint density at radius 2 is 1.26 bits per heavy atom. The van der Waals surface area contributed by atoms with Gasteiger partial charge in [-0.3, -0.25) is 0 Å². The summed E-state index contributed by atoms with van der Waals surface area (Å²) in [5.74, 6) is 0. The van der Waals surface area contributed by atoms with Crippen LogP contribution < -0.4 is 0 Å². The molecule has 0 aliphatic heterocycles. The minimum atomic E-state index is -0.608. The molecule has 19 heavy (non-hydrogen) atoms. The number of allylic oxidation sites excluding steroid dienone is 8. The first-order chi connectivity index (χ1) is 9.04. The van der Waals surface area contributed by atoms with E-state index in [0.29, 0.717) is 6.25 Å². The monoisotopic (exact) mass is 332 g/mol. The second kappa shape index (κ2) is 6.08. The van der Waals surface area contributed by atoms with Crippen molar-refractivity contribution in [3.05, 3.63) is 47.6 Å². The van der Waals surface area contributed by atoms with Gasteiger partial charge in [0.15, 0.2) is 0 Å². The molecule has 0 fully saturated rings. The summed E-state index contributed by atoms with van der Waals surface area (Å²) in [4.78, 5) is 0. The van der Waals surface area contributed by atoms with Crippen LogP contribution in [0.3, 0.4) is 0 Å². The normalized spacial score (nSPS) is 32.6. The van der Waals surface area contributed by atoms with E-state index < -0.39 is 23.2 Å². The molecule has 0 spiro atoms. The quantitative estimate of drug-likeness (QED) is 0.557. The Balaban J connectivity index is 2.16. The zero-order valence-electron chi connectivity index (χ0n) is 12.8. The van der Waals surface area contributed by atoms with Crippen LogP contribution in [0, 0.1) is 0 Å². The second-order valence-corrected chi connectivity index (χ2v) is 11.9. The number of hydrogen-bond donors (Lipinski definition) is 0. The van der Waals surface area contributed by atoms with E-state index in [4.69, 9.17) is 0 Å². The van der Waals surface area contributed by atoms with E-state index >= 15 is 0 Å². The topological polar surface area (TPSA) is 0 Å². The van der Waals surface area contributed by atoms with E-state index in [0.717, 1.165) is 0 Å². The molecular weight excluding hydrogens is 307 g/mol. The van der Waals surface area contributed by atoms with Crippen LogP contribution in [0.1, 0.15) is 53.4 Å². The standard InChI is InChI=1S/2C9H13.Zr/c2*1-3-5-9-7-4-6-8(9)2;/h2*4,6-7H,3,5H2,1-2H3;. The summed E-state index contributed by atoms with van der Waals surface area (Å²) in [7, 11) is 0.